The number of hydrogen-bond donors (Lipinski definition) is 2. The number of aryl methyl sites for hydroxylation is 2. The number of para-hydroxylation sites is 4. The molecule has 9 heteroatoms. The minimum absolute atomic E-state index is 0.0559. The second-order valence-electron chi connectivity index (χ2n) is 7.14. The molecule has 2 heterocycles. The number of rotatable bonds is 7. The van der Waals surface area contributed by atoms with Crippen LogP contribution in [0.5, 0.6) is 0 Å². The van der Waals surface area contributed by atoms with Crippen molar-refractivity contribution in [2.75, 3.05) is 0 Å². The number of fused-ring (bicyclic) bond motifs is 2. The zero-order chi connectivity index (χ0) is 21.8. The van der Waals surface area contributed by atoms with Gasteiger partial charge in [-0.2, -0.15) is 0 Å². The van der Waals surface area contributed by atoms with E-state index < -0.39 is 5.76 Å². The number of amides is 2. The molecule has 2 amide bonds. The summed E-state index contributed by atoms with van der Waals surface area (Å²) in [6, 6.07) is 14.8. The molecule has 0 saturated heterocycles. The molecule has 0 spiro atoms. The first-order valence-corrected chi connectivity index (χ1v) is 10.2. The van der Waals surface area contributed by atoms with Gasteiger partial charge < -0.3 is 8.98 Å². The molecule has 160 valence electrons. The molecule has 4 rings (SSSR count). The lowest BCUT2D eigenvalue weighted by atomic mass is 10.3. The zero-order valence-electron chi connectivity index (χ0n) is 17.1. The van der Waals surface area contributed by atoms with E-state index in [2.05, 4.69) is 15.8 Å². The Morgan fingerprint density at radius 2 is 1.68 bits per heavy atom. The minimum Gasteiger partial charge on any atom is -0.408 e. The van der Waals surface area contributed by atoms with Gasteiger partial charge in [-0.25, -0.2) is 9.78 Å². The molecule has 0 unspecified atom stereocenters. The molecule has 0 aliphatic heterocycles. The summed E-state index contributed by atoms with van der Waals surface area (Å²) >= 11 is 0. The highest BCUT2D eigenvalue weighted by molar-refractivity contribution is 5.84. The average Bonchev–Trinajstić information content (AvgIpc) is 3.29. The average molecular weight is 421 g/mol. The van der Waals surface area contributed by atoms with E-state index in [1.165, 1.54) is 4.57 Å². The lowest BCUT2D eigenvalue weighted by Crippen LogP contribution is -2.43. The number of aromatic nitrogens is 3. The third kappa shape index (κ3) is 4.35. The Hall–Kier alpha value is -3.88. The monoisotopic (exact) mass is 421 g/mol. The van der Waals surface area contributed by atoms with Gasteiger partial charge in [0.05, 0.1) is 16.6 Å². The molecule has 0 fully saturated rings. The van der Waals surface area contributed by atoms with Crippen molar-refractivity contribution >= 4 is 33.9 Å². The van der Waals surface area contributed by atoms with Crippen molar-refractivity contribution in [3.8, 4) is 0 Å². The molecular formula is C22H23N5O4. The minimum atomic E-state index is -0.450. The predicted octanol–water partition coefficient (Wildman–Crippen LogP) is 2.13. The number of oxazole rings is 1. The number of hydrogen-bond acceptors (Lipinski definition) is 5. The molecule has 0 aliphatic carbocycles. The Morgan fingerprint density at radius 1 is 0.968 bits per heavy atom. The van der Waals surface area contributed by atoms with Crippen LogP contribution < -0.4 is 16.6 Å². The highest BCUT2D eigenvalue weighted by Crippen LogP contribution is 2.16. The van der Waals surface area contributed by atoms with Gasteiger partial charge >= 0.3 is 5.76 Å². The molecule has 2 aromatic heterocycles. The predicted molar refractivity (Wildman–Crippen MR) is 115 cm³/mol. The second kappa shape index (κ2) is 8.86. The van der Waals surface area contributed by atoms with E-state index in [9.17, 15) is 14.4 Å². The first-order valence-electron chi connectivity index (χ1n) is 10.2. The van der Waals surface area contributed by atoms with Crippen LogP contribution >= 0.6 is 0 Å². The normalized spacial score (nSPS) is 11.1. The summed E-state index contributed by atoms with van der Waals surface area (Å²) in [7, 11) is 0. The number of hydrazine groups is 1. The fourth-order valence-electron chi connectivity index (χ4n) is 3.58. The molecule has 0 aliphatic rings. The van der Waals surface area contributed by atoms with Crippen LogP contribution in [0.4, 0.5) is 0 Å². The Bertz CT molecular complexity index is 1300. The fraction of sp³-hybridized carbons (Fsp3) is 0.273. The van der Waals surface area contributed by atoms with Crippen LogP contribution in [0.15, 0.2) is 57.7 Å². The van der Waals surface area contributed by atoms with Gasteiger partial charge in [-0.05, 0) is 30.7 Å². The first-order chi connectivity index (χ1) is 15.1. The van der Waals surface area contributed by atoms with Gasteiger partial charge in [-0.3, -0.25) is 25.0 Å². The first kappa shape index (κ1) is 20.4. The quantitative estimate of drug-likeness (QED) is 0.444. The third-order valence-corrected chi connectivity index (χ3v) is 5.05. The standard InChI is InChI=1S/C22H23N5O4/c1-2-19-23-15-8-3-4-9-16(15)27(19)14-21(29)25-24-20(28)12-7-13-26-17-10-5-6-11-18(17)31-22(26)30/h3-6,8-11H,2,7,12-14H2,1H3,(H,24,28)(H,25,29). The zero-order valence-corrected chi connectivity index (χ0v) is 17.1. The number of nitrogens with one attached hydrogen (secondary N) is 2. The maximum Gasteiger partial charge on any atom is 0.419 e. The van der Waals surface area contributed by atoms with Gasteiger partial charge in [0.1, 0.15) is 12.4 Å². The summed E-state index contributed by atoms with van der Waals surface area (Å²) in [4.78, 5) is 40.9. The number of carbonyl (C=O) groups excluding carboxylic acids is 2. The Labute approximate surface area is 177 Å². The molecule has 0 saturated carbocycles. The molecule has 2 aromatic carbocycles. The highest BCUT2D eigenvalue weighted by Gasteiger charge is 2.13. The van der Waals surface area contributed by atoms with Crippen molar-refractivity contribution in [1.29, 1.82) is 0 Å². The highest BCUT2D eigenvalue weighted by atomic mass is 16.4. The number of imidazole rings is 1. The van der Waals surface area contributed by atoms with Crippen LogP contribution in [0.25, 0.3) is 22.1 Å². The molecule has 4 aromatic rings. The molecule has 31 heavy (non-hydrogen) atoms. The molecule has 2 N–H and O–H groups in total. The van der Waals surface area contributed by atoms with E-state index in [0.29, 0.717) is 30.5 Å². The van der Waals surface area contributed by atoms with E-state index in [0.717, 1.165) is 16.9 Å². The van der Waals surface area contributed by atoms with Gasteiger partial charge in [0, 0.05) is 19.4 Å². The summed E-state index contributed by atoms with van der Waals surface area (Å²) in [5, 5.41) is 0. The lowest BCUT2D eigenvalue weighted by Gasteiger charge is -2.10. The fourth-order valence-corrected chi connectivity index (χ4v) is 3.58. The summed E-state index contributed by atoms with van der Waals surface area (Å²) < 4.78 is 8.52. The van der Waals surface area contributed by atoms with Crippen molar-refractivity contribution in [3.63, 3.8) is 0 Å². The van der Waals surface area contributed by atoms with Gasteiger partial charge in [0.25, 0.3) is 5.91 Å². The van der Waals surface area contributed by atoms with Crippen molar-refractivity contribution in [2.45, 2.75) is 39.3 Å². The largest absolute Gasteiger partial charge is 0.419 e. The molecular weight excluding hydrogens is 398 g/mol. The van der Waals surface area contributed by atoms with Crippen molar-refractivity contribution < 1.29 is 14.0 Å². The van der Waals surface area contributed by atoms with Crippen LogP contribution in [-0.4, -0.2) is 25.9 Å². The smallest absolute Gasteiger partial charge is 0.408 e. The molecule has 0 radical (unpaired) electrons. The van der Waals surface area contributed by atoms with Gasteiger partial charge in [0.15, 0.2) is 5.58 Å². The maximum atomic E-state index is 12.3. The van der Waals surface area contributed by atoms with Gasteiger partial charge in [0.2, 0.25) is 5.91 Å². The van der Waals surface area contributed by atoms with Crippen molar-refractivity contribution in [3.05, 3.63) is 64.9 Å². The topological polar surface area (TPSA) is 111 Å². The molecule has 0 atom stereocenters. The summed E-state index contributed by atoms with van der Waals surface area (Å²) in [5.41, 5.74) is 7.79. The second-order valence-corrected chi connectivity index (χ2v) is 7.14. The van der Waals surface area contributed by atoms with Crippen LogP contribution in [0, 0.1) is 0 Å². The van der Waals surface area contributed by atoms with Crippen molar-refractivity contribution in [2.24, 2.45) is 0 Å². The summed E-state index contributed by atoms with van der Waals surface area (Å²) in [5.74, 6) is -0.321. The van der Waals surface area contributed by atoms with Crippen LogP contribution in [-0.2, 0) is 29.1 Å². The summed E-state index contributed by atoms with van der Waals surface area (Å²) in [6.45, 7) is 2.38. The van der Waals surface area contributed by atoms with E-state index in [1.807, 2.05) is 41.8 Å². The van der Waals surface area contributed by atoms with E-state index >= 15 is 0 Å². The molecule has 9 nitrogen and oxygen atoms in total. The van der Waals surface area contributed by atoms with Gasteiger partial charge in [-0.15, -0.1) is 0 Å². The van der Waals surface area contributed by atoms with Crippen LogP contribution in [0.2, 0.25) is 0 Å². The number of benzene rings is 2. The van der Waals surface area contributed by atoms with E-state index in [-0.39, 0.29) is 24.8 Å². The number of carbonyl (C=O) groups is 2. The Balaban J connectivity index is 1.29. The lowest BCUT2D eigenvalue weighted by molar-refractivity contribution is -0.129. The maximum absolute atomic E-state index is 12.3. The molecule has 0 bridgehead atoms. The van der Waals surface area contributed by atoms with Crippen LogP contribution in [0.3, 0.4) is 0 Å². The SMILES string of the molecule is CCc1nc2ccccc2n1CC(=O)NNC(=O)CCCn1c(=O)oc2ccccc21. The van der Waals surface area contributed by atoms with Gasteiger partial charge in [-0.1, -0.05) is 31.2 Å². The Kier molecular flexibility index (Phi) is 5.83. The van der Waals surface area contributed by atoms with Crippen LogP contribution in [0.1, 0.15) is 25.6 Å². The van der Waals surface area contributed by atoms with E-state index in [1.54, 1.807) is 18.2 Å². The third-order valence-electron chi connectivity index (χ3n) is 5.05. The summed E-state index contributed by atoms with van der Waals surface area (Å²) in [6.07, 6.45) is 1.27. The number of nitrogens with zero attached hydrogens (tertiary/aromatic N) is 3. The Morgan fingerprint density at radius 3 is 2.48 bits per heavy atom. The van der Waals surface area contributed by atoms with Crippen molar-refractivity contribution in [1.82, 2.24) is 25.0 Å². The van der Waals surface area contributed by atoms with E-state index in [4.69, 9.17) is 4.42 Å².